The third kappa shape index (κ3) is 5.15. The number of ketones is 1. The predicted molar refractivity (Wildman–Crippen MR) is 141 cm³/mol. The number of hydrogen-bond donors (Lipinski definition) is 0. The standard InChI is InChI=1S/C29H33ClNO5/c1-31(18-25(32)20-7-9-22(30)10-8-20)13-12-21-16-28(35-4)29(36-5)17-23(21)24(31)14-19-6-11-26(33-2)27(15-19)34-3/h6-11,15-17,24H,12-14,18H2,1-5H3/q+1/t24-,31+/m0/s1. The van der Waals surface area contributed by atoms with Crippen LogP contribution < -0.4 is 18.9 Å². The minimum atomic E-state index is 0.0166. The molecule has 1 aliphatic heterocycles. The van der Waals surface area contributed by atoms with E-state index >= 15 is 0 Å². The zero-order valence-corrected chi connectivity index (χ0v) is 22.2. The second kappa shape index (κ2) is 10.8. The van der Waals surface area contributed by atoms with Gasteiger partial charge >= 0.3 is 0 Å². The van der Waals surface area contributed by atoms with Gasteiger partial charge in [-0.25, -0.2) is 0 Å². The quantitative estimate of drug-likeness (QED) is 0.279. The molecule has 0 aromatic heterocycles. The van der Waals surface area contributed by atoms with E-state index in [2.05, 4.69) is 25.2 Å². The van der Waals surface area contributed by atoms with Crippen molar-refractivity contribution in [1.82, 2.24) is 0 Å². The number of quaternary nitrogens is 1. The molecule has 3 aromatic rings. The van der Waals surface area contributed by atoms with Crippen LogP contribution in [0.15, 0.2) is 54.6 Å². The largest absolute Gasteiger partial charge is 0.493 e. The van der Waals surface area contributed by atoms with Crippen molar-refractivity contribution in [2.75, 3.05) is 48.6 Å². The number of nitrogens with zero attached hydrogens (tertiary/aromatic N) is 1. The van der Waals surface area contributed by atoms with Crippen LogP contribution in [-0.4, -0.2) is 58.8 Å². The van der Waals surface area contributed by atoms with E-state index in [1.54, 1.807) is 52.7 Å². The van der Waals surface area contributed by atoms with E-state index in [9.17, 15) is 4.79 Å². The highest BCUT2D eigenvalue weighted by Gasteiger charge is 2.41. The van der Waals surface area contributed by atoms with Gasteiger partial charge in [-0.3, -0.25) is 4.79 Å². The molecular weight excluding hydrogens is 478 g/mol. The van der Waals surface area contributed by atoms with Crippen LogP contribution in [0.4, 0.5) is 0 Å². The number of benzene rings is 3. The molecule has 7 heteroatoms. The van der Waals surface area contributed by atoms with E-state index in [1.807, 2.05) is 12.1 Å². The van der Waals surface area contributed by atoms with Gasteiger partial charge in [-0.2, -0.15) is 0 Å². The highest BCUT2D eigenvalue weighted by atomic mass is 35.5. The SMILES string of the molecule is COc1ccc(C[C@H]2c3cc(OC)c(OC)cc3CC[N@+]2(C)CC(=O)c2ccc(Cl)cc2)cc1OC. The third-order valence-corrected chi connectivity index (χ3v) is 7.45. The first-order chi connectivity index (χ1) is 17.3. The molecule has 4 rings (SSSR count). The lowest BCUT2D eigenvalue weighted by Crippen LogP contribution is -2.54. The Morgan fingerprint density at radius 3 is 2.11 bits per heavy atom. The number of Topliss-reactive ketones (excluding diaryl/α,β-unsaturated/α-hetero) is 1. The molecule has 3 aromatic carbocycles. The zero-order valence-electron chi connectivity index (χ0n) is 21.5. The Labute approximate surface area is 217 Å². The van der Waals surface area contributed by atoms with Gasteiger partial charge < -0.3 is 23.4 Å². The molecule has 190 valence electrons. The van der Waals surface area contributed by atoms with E-state index in [-0.39, 0.29) is 11.8 Å². The zero-order chi connectivity index (χ0) is 25.9. The summed E-state index contributed by atoms with van der Waals surface area (Å²) in [5, 5.41) is 0.617. The number of ether oxygens (including phenoxy) is 4. The van der Waals surface area contributed by atoms with Crippen LogP contribution in [0.25, 0.3) is 0 Å². The maximum atomic E-state index is 13.4. The van der Waals surface area contributed by atoms with Crippen molar-refractivity contribution < 1.29 is 28.2 Å². The number of carbonyl (C=O) groups excluding carboxylic acids is 1. The van der Waals surface area contributed by atoms with Gasteiger partial charge in [0.05, 0.1) is 42.0 Å². The van der Waals surface area contributed by atoms with Crippen molar-refractivity contribution in [1.29, 1.82) is 0 Å². The first-order valence-electron chi connectivity index (χ1n) is 11.9. The lowest BCUT2D eigenvalue weighted by atomic mass is 9.85. The smallest absolute Gasteiger partial charge is 0.216 e. The molecule has 0 radical (unpaired) electrons. The van der Waals surface area contributed by atoms with E-state index < -0.39 is 0 Å². The number of fused-ring (bicyclic) bond motifs is 1. The Balaban J connectivity index is 1.76. The topological polar surface area (TPSA) is 54.0 Å². The first kappa shape index (κ1) is 25.9. The molecular formula is C29H33ClNO5+. The Hall–Kier alpha value is -3.22. The van der Waals surface area contributed by atoms with Gasteiger partial charge in [-0.05, 0) is 59.7 Å². The van der Waals surface area contributed by atoms with Crippen LogP contribution in [0.2, 0.25) is 5.02 Å². The summed E-state index contributed by atoms with van der Waals surface area (Å²) in [4.78, 5) is 13.4. The maximum absolute atomic E-state index is 13.4. The second-order valence-corrected chi connectivity index (χ2v) is 9.79. The summed E-state index contributed by atoms with van der Waals surface area (Å²) in [6, 6.07) is 17.3. The summed E-state index contributed by atoms with van der Waals surface area (Å²) >= 11 is 6.05. The molecule has 0 bridgehead atoms. The minimum absolute atomic E-state index is 0.0166. The Bertz CT molecular complexity index is 1240. The van der Waals surface area contributed by atoms with Gasteiger partial charge in [0.25, 0.3) is 0 Å². The molecule has 0 spiro atoms. The molecule has 0 N–H and O–H groups in total. The van der Waals surface area contributed by atoms with Crippen LogP contribution in [0.5, 0.6) is 23.0 Å². The Morgan fingerprint density at radius 2 is 1.47 bits per heavy atom. The van der Waals surface area contributed by atoms with Crippen molar-refractivity contribution >= 4 is 17.4 Å². The highest BCUT2D eigenvalue weighted by molar-refractivity contribution is 6.30. The fraction of sp³-hybridized carbons (Fsp3) is 0.345. The number of halogens is 1. The van der Waals surface area contributed by atoms with Crippen molar-refractivity contribution in [3.05, 3.63) is 81.9 Å². The van der Waals surface area contributed by atoms with E-state index in [0.717, 1.165) is 24.3 Å². The van der Waals surface area contributed by atoms with Crippen molar-refractivity contribution in [2.24, 2.45) is 0 Å². The second-order valence-electron chi connectivity index (χ2n) is 9.36. The average Bonchev–Trinajstić information content (AvgIpc) is 2.89. The van der Waals surface area contributed by atoms with Gasteiger partial charge in [-0.1, -0.05) is 17.7 Å². The van der Waals surface area contributed by atoms with Crippen molar-refractivity contribution in [2.45, 2.75) is 18.9 Å². The summed E-state index contributed by atoms with van der Waals surface area (Å²) in [5.41, 5.74) is 4.15. The monoisotopic (exact) mass is 510 g/mol. The van der Waals surface area contributed by atoms with Crippen LogP contribution in [-0.2, 0) is 12.8 Å². The van der Waals surface area contributed by atoms with Crippen LogP contribution >= 0.6 is 11.6 Å². The summed E-state index contributed by atoms with van der Waals surface area (Å²) in [5.74, 6) is 2.87. The predicted octanol–water partition coefficient (Wildman–Crippen LogP) is 5.54. The normalized spacial score (nSPS) is 18.8. The fourth-order valence-corrected chi connectivity index (χ4v) is 5.26. The lowest BCUT2D eigenvalue weighted by molar-refractivity contribution is -0.933. The Kier molecular flexibility index (Phi) is 7.76. The number of carbonyl (C=O) groups is 1. The fourth-order valence-electron chi connectivity index (χ4n) is 5.14. The summed E-state index contributed by atoms with van der Waals surface area (Å²) in [7, 11) is 8.73. The molecule has 0 amide bonds. The average molecular weight is 511 g/mol. The third-order valence-electron chi connectivity index (χ3n) is 7.20. The maximum Gasteiger partial charge on any atom is 0.216 e. The van der Waals surface area contributed by atoms with E-state index in [4.69, 9.17) is 30.5 Å². The highest BCUT2D eigenvalue weighted by Crippen LogP contribution is 2.43. The number of methoxy groups -OCH3 is 4. The lowest BCUT2D eigenvalue weighted by Gasteiger charge is -2.45. The van der Waals surface area contributed by atoms with E-state index in [1.165, 1.54) is 11.1 Å². The van der Waals surface area contributed by atoms with Crippen LogP contribution in [0.1, 0.15) is 33.1 Å². The van der Waals surface area contributed by atoms with Crippen molar-refractivity contribution in [3.8, 4) is 23.0 Å². The summed E-state index contributed by atoms with van der Waals surface area (Å²) < 4.78 is 22.8. The molecule has 1 aliphatic rings. The van der Waals surface area contributed by atoms with Gasteiger partial charge in [-0.15, -0.1) is 0 Å². The molecule has 1 heterocycles. The summed E-state index contributed by atoms with van der Waals surface area (Å²) in [6.07, 6.45) is 1.55. The van der Waals surface area contributed by atoms with E-state index in [0.29, 0.717) is 45.3 Å². The molecule has 6 nitrogen and oxygen atoms in total. The molecule has 0 saturated heterocycles. The number of rotatable bonds is 9. The van der Waals surface area contributed by atoms with Gasteiger partial charge in [0, 0.05) is 29.0 Å². The van der Waals surface area contributed by atoms with Gasteiger partial charge in [0.15, 0.2) is 23.0 Å². The molecule has 0 fully saturated rings. The molecule has 0 unspecified atom stereocenters. The molecule has 0 aliphatic carbocycles. The van der Waals surface area contributed by atoms with Gasteiger partial charge in [0.1, 0.15) is 12.6 Å². The minimum Gasteiger partial charge on any atom is -0.493 e. The van der Waals surface area contributed by atoms with Crippen LogP contribution in [0, 0.1) is 0 Å². The number of likely N-dealkylation sites (N-methyl/N-ethyl adjacent to an activating group) is 1. The van der Waals surface area contributed by atoms with Gasteiger partial charge in [0.2, 0.25) is 5.78 Å². The molecule has 36 heavy (non-hydrogen) atoms. The van der Waals surface area contributed by atoms with Crippen molar-refractivity contribution in [3.63, 3.8) is 0 Å². The number of hydrogen-bond acceptors (Lipinski definition) is 5. The molecule has 0 saturated carbocycles. The first-order valence-corrected chi connectivity index (χ1v) is 12.3. The van der Waals surface area contributed by atoms with Crippen LogP contribution in [0.3, 0.4) is 0 Å². The Morgan fingerprint density at radius 1 is 0.861 bits per heavy atom. The molecule has 2 atom stereocenters. The summed E-state index contributed by atoms with van der Waals surface area (Å²) in [6.45, 7) is 1.19.